The van der Waals surface area contributed by atoms with Crippen LogP contribution < -0.4 is 0 Å². The Labute approximate surface area is 266 Å². The Kier molecular flexibility index (Phi) is 11.4. The fourth-order valence-electron chi connectivity index (χ4n) is 4.57. The summed E-state index contributed by atoms with van der Waals surface area (Å²) < 4.78 is 0. The van der Waals surface area contributed by atoms with Crippen molar-refractivity contribution in [2.24, 2.45) is 10.8 Å². The van der Waals surface area contributed by atoms with Gasteiger partial charge in [-0.3, -0.25) is 9.78 Å². The van der Waals surface area contributed by atoms with Crippen LogP contribution in [-0.2, 0) is 24.9 Å². The Balaban J connectivity index is 0.000000377. The van der Waals surface area contributed by atoms with Crippen molar-refractivity contribution in [3.8, 4) is 11.3 Å². The van der Waals surface area contributed by atoms with E-state index in [1.165, 1.54) is 38.9 Å². The number of pyridine rings is 2. The Morgan fingerprint density at radius 1 is 0.833 bits per heavy atom. The number of aryl methyl sites for hydroxylation is 2. The zero-order valence-corrected chi connectivity index (χ0v) is 29.8. The van der Waals surface area contributed by atoms with Crippen molar-refractivity contribution >= 4 is 27.3 Å². The number of allylic oxidation sites excluding steroid dienone is 2. The van der Waals surface area contributed by atoms with Crippen LogP contribution in [0.25, 0.3) is 32.8 Å². The van der Waals surface area contributed by atoms with Crippen molar-refractivity contribution in [3.63, 3.8) is 0 Å². The molecule has 0 atom stereocenters. The molecule has 0 saturated heterocycles. The molecule has 4 aromatic rings. The molecule has 42 heavy (non-hydrogen) atoms. The predicted molar refractivity (Wildman–Crippen MR) is 174 cm³/mol. The number of ketones is 1. The van der Waals surface area contributed by atoms with Crippen LogP contribution in [0, 0.1) is 30.7 Å². The minimum Gasteiger partial charge on any atom is -0.512 e. The Hall–Kier alpha value is -2.88. The van der Waals surface area contributed by atoms with Crippen LogP contribution in [0.4, 0.5) is 0 Å². The van der Waals surface area contributed by atoms with Crippen LogP contribution in [0.15, 0.2) is 54.4 Å². The maximum atomic E-state index is 11.5. The molecular formula is C37H47IrN2O2-. The molecule has 2 heterocycles. The minimum atomic E-state index is -0.417. The third kappa shape index (κ3) is 8.36. The van der Waals surface area contributed by atoms with Gasteiger partial charge in [-0.15, -0.1) is 34.9 Å². The number of nitrogens with zero attached hydrogens (tertiary/aromatic N) is 2. The molecule has 4 nitrogen and oxygen atoms in total. The molecule has 2 aromatic carbocycles. The molecule has 2 aromatic heterocycles. The number of benzene rings is 2. The van der Waals surface area contributed by atoms with Crippen LogP contribution >= 0.6 is 0 Å². The molecule has 5 heteroatoms. The molecule has 4 rings (SSSR count). The monoisotopic (exact) mass is 744 g/mol. The fourth-order valence-corrected chi connectivity index (χ4v) is 4.57. The third-order valence-electron chi connectivity index (χ3n) is 7.12. The van der Waals surface area contributed by atoms with E-state index in [1.807, 2.05) is 47.7 Å². The minimum absolute atomic E-state index is 0. The van der Waals surface area contributed by atoms with Gasteiger partial charge in [0.05, 0.1) is 5.69 Å². The summed E-state index contributed by atoms with van der Waals surface area (Å²) in [7, 11) is 0. The summed E-state index contributed by atoms with van der Waals surface area (Å²) in [6.07, 6.45) is 3.26. The van der Waals surface area contributed by atoms with E-state index < -0.39 is 5.41 Å². The average Bonchev–Trinajstić information content (AvgIpc) is 2.86. The Bertz CT molecular complexity index is 1580. The molecule has 0 aliphatic heterocycles. The normalized spacial score (nSPS) is 12.4. The van der Waals surface area contributed by atoms with Crippen molar-refractivity contribution < 1.29 is 30.0 Å². The summed E-state index contributed by atoms with van der Waals surface area (Å²) in [6.45, 7) is 24.2. The van der Waals surface area contributed by atoms with Gasteiger partial charge in [-0.1, -0.05) is 95.2 Å². The second-order valence-electron chi connectivity index (χ2n) is 13.8. The van der Waals surface area contributed by atoms with Crippen molar-refractivity contribution in [2.75, 3.05) is 0 Å². The molecule has 1 radical (unpaired) electrons. The van der Waals surface area contributed by atoms with E-state index in [-0.39, 0.29) is 37.1 Å². The van der Waals surface area contributed by atoms with Crippen LogP contribution in [0.1, 0.15) is 104 Å². The van der Waals surface area contributed by atoms with E-state index in [1.54, 1.807) is 0 Å². The summed E-state index contributed by atoms with van der Waals surface area (Å²) in [4.78, 5) is 21.2. The van der Waals surface area contributed by atoms with Gasteiger partial charge in [0.1, 0.15) is 5.76 Å². The van der Waals surface area contributed by atoms with Crippen molar-refractivity contribution in [1.29, 1.82) is 0 Å². The molecule has 0 aliphatic rings. The Morgan fingerprint density at radius 3 is 1.98 bits per heavy atom. The van der Waals surface area contributed by atoms with Crippen LogP contribution in [-0.4, -0.2) is 20.9 Å². The first kappa shape index (κ1) is 35.3. The number of aliphatic hydroxyl groups excluding tert-OH is 1. The average molecular weight is 744 g/mol. The second kappa shape index (κ2) is 13.6. The van der Waals surface area contributed by atoms with Gasteiger partial charge in [-0.25, -0.2) is 0 Å². The molecule has 0 aliphatic carbocycles. The maximum Gasteiger partial charge on any atom is 0.164 e. The van der Waals surface area contributed by atoms with Crippen LogP contribution in [0.2, 0.25) is 0 Å². The first-order chi connectivity index (χ1) is 18.9. The van der Waals surface area contributed by atoms with E-state index >= 15 is 0 Å². The summed E-state index contributed by atoms with van der Waals surface area (Å²) >= 11 is 0. The van der Waals surface area contributed by atoms with Gasteiger partial charge >= 0.3 is 0 Å². The Morgan fingerprint density at radius 2 is 1.45 bits per heavy atom. The fraction of sp³-hybridized carbons (Fsp3) is 0.432. The molecule has 0 amide bonds. The van der Waals surface area contributed by atoms with Gasteiger partial charge in [0, 0.05) is 54.3 Å². The maximum absolute atomic E-state index is 11.5. The molecule has 0 fully saturated rings. The summed E-state index contributed by atoms with van der Waals surface area (Å²) in [5, 5.41) is 14.5. The molecule has 0 bridgehead atoms. The van der Waals surface area contributed by atoms with Gasteiger partial charge < -0.3 is 10.1 Å². The summed E-state index contributed by atoms with van der Waals surface area (Å²) in [5.74, 6) is 0.881. The number of hydrogen-bond donors (Lipinski definition) is 1. The first-order valence-electron chi connectivity index (χ1n) is 14.6. The molecule has 0 saturated carbocycles. The number of hydrogen-bond acceptors (Lipinski definition) is 4. The van der Waals surface area contributed by atoms with Crippen molar-refractivity contribution in [1.82, 2.24) is 9.97 Å². The number of carbonyl (C=O) groups excluding carboxylic acids is 1. The van der Waals surface area contributed by atoms with Gasteiger partial charge in [-0.05, 0) is 45.8 Å². The molecular weight excluding hydrogens is 697 g/mol. The SMILES string of the molecule is CC(C)(C)C(=O)/C=C(\O)C(C)(C)C.Cc1[c-]c(-c2nccc3c2ccc2c(C(C)C)nc(C(C)C)cc23)cc(C)c1.[Ir]. The summed E-state index contributed by atoms with van der Waals surface area (Å²) in [6, 6.07) is 16.6. The summed E-state index contributed by atoms with van der Waals surface area (Å²) in [5.41, 5.74) is 6.01. The molecule has 0 unspecified atom stereocenters. The third-order valence-corrected chi connectivity index (χ3v) is 7.12. The van der Waals surface area contributed by atoms with Gasteiger partial charge in [0.2, 0.25) is 0 Å². The van der Waals surface area contributed by atoms with Gasteiger partial charge in [0.15, 0.2) is 5.78 Å². The van der Waals surface area contributed by atoms with E-state index in [0.29, 0.717) is 11.8 Å². The predicted octanol–water partition coefficient (Wildman–Crippen LogP) is 10.2. The van der Waals surface area contributed by atoms with Gasteiger partial charge in [0.25, 0.3) is 0 Å². The topological polar surface area (TPSA) is 63.1 Å². The number of aromatic nitrogens is 2. The number of fused-ring (bicyclic) bond motifs is 3. The second-order valence-corrected chi connectivity index (χ2v) is 13.8. The van der Waals surface area contributed by atoms with E-state index in [4.69, 9.17) is 9.97 Å². The van der Waals surface area contributed by atoms with E-state index in [9.17, 15) is 9.90 Å². The van der Waals surface area contributed by atoms with Gasteiger partial charge in [-0.2, -0.15) is 0 Å². The quantitative estimate of drug-likeness (QED) is 0.0979. The largest absolute Gasteiger partial charge is 0.512 e. The molecule has 1 N–H and O–H groups in total. The molecule has 227 valence electrons. The number of carbonyl (C=O) groups is 1. The van der Waals surface area contributed by atoms with Crippen molar-refractivity contribution in [2.45, 2.75) is 94.9 Å². The zero-order chi connectivity index (χ0) is 30.9. The van der Waals surface area contributed by atoms with Crippen LogP contribution in [0.5, 0.6) is 0 Å². The van der Waals surface area contributed by atoms with Crippen molar-refractivity contribution in [3.05, 3.63) is 83.0 Å². The van der Waals surface area contributed by atoms with Crippen LogP contribution in [0.3, 0.4) is 0 Å². The van der Waals surface area contributed by atoms with E-state index in [0.717, 1.165) is 22.5 Å². The smallest absolute Gasteiger partial charge is 0.164 e. The number of aliphatic hydroxyl groups is 1. The van der Waals surface area contributed by atoms with E-state index in [2.05, 4.69) is 84.0 Å². The molecule has 0 spiro atoms. The first-order valence-corrected chi connectivity index (χ1v) is 14.6. The number of rotatable bonds is 4. The standard InChI is InChI=1S/C26H27N2.C11H20O2.Ir/c1-15(2)24-14-23-20-9-10-27-26(19-12-17(5)11-18(6)13-19)21(20)7-8-22(23)25(28-24)16(3)4;1-10(2,3)8(12)7-9(13)11(4,5)6;/h7-12,14-16H,1-6H3;7,12H,1-6H3;/q-1;;/b;8-7-;. The zero-order valence-electron chi connectivity index (χ0n) is 27.4.